The number of rotatable bonds is 2. The average molecular weight is 353 g/mol. The summed E-state index contributed by atoms with van der Waals surface area (Å²) in [6, 6.07) is 13.7. The van der Waals surface area contributed by atoms with Crippen LogP contribution in [0.25, 0.3) is 16.6 Å². The van der Waals surface area contributed by atoms with Crippen molar-refractivity contribution in [1.29, 1.82) is 5.41 Å². The molecule has 4 aromatic rings. The second-order valence-corrected chi connectivity index (χ2v) is 5.84. The standard InChI is InChI=1S/C16H12ClN5.C2H5N/c1-10(11-4-5-13-12(9-11)3-2-8-18-13)16-20-19-15-7-6-14(17)21-22(15)16;1-2-3/h2-10H,1H3;2-3H,1H3/t10-;/m1./s1. The molecule has 0 amide bonds. The summed E-state index contributed by atoms with van der Waals surface area (Å²) >= 11 is 5.98. The monoisotopic (exact) mass is 352 g/mol. The molecule has 6 nitrogen and oxygen atoms in total. The average Bonchev–Trinajstić information content (AvgIpc) is 3.04. The molecule has 1 N–H and O–H groups in total. The van der Waals surface area contributed by atoms with E-state index in [4.69, 9.17) is 17.0 Å². The zero-order valence-electron chi connectivity index (χ0n) is 13.9. The second-order valence-electron chi connectivity index (χ2n) is 5.45. The predicted octanol–water partition coefficient (Wildman–Crippen LogP) is 4.13. The number of fused-ring (bicyclic) bond motifs is 2. The van der Waals surface area contributed by atoms with Gasteiger partial charge in [-0.15, -0.1) is 10.2 Å². The first-order chi connectivity index (χ1) is 12.1. The molecular formula is C18H17ClN6. The van der Waals surface area contributed by atoms with Crippen LogP contribution in [0.2, 0.25) is 5.15 Å². The van der Waals surface area contributed by atoms with Gasteiger partial charge in [-0.25, -0.2) is 0 Å². The lowest BCUT2D eigenvalue weighted by Gasteiger charge is -2.10. The highest BCUT2D eigenvalue weighted by atomic mass is 35.5. The van der Waals surface area contributed by atoms with Gasteiger partial charge >= 0.3 is 0 Å². The highest BCUT2D eigenvalue weighted by Crippen LogP contribution is 2.25. The van der Waals surface area contributed by atoms with Crippen LogP contribution in [0.1, 0.15) is 31.2 Å². The number of halogens is 1. The minimum atomic E-state index is 0.0468. The number of nitrogens with one attached hydrogen (secondary N) is 1. The molecule has 0 aliphatic heterocycles. The Morgan fingerprint density at radius 1 is 1.16 bits per heavy atom. The summed E-state index contributed by atoms with van der Waals surface area (Å²) in [6.45, 7) is 3.75. The number of hydrogen-bond acceptors (Lipinski definition) is 5. The molecule has 0 fully saturated rings. The van der Waals surface area contributed by atoms with Gasteiger partial charge in [0.1, 0.15) is 5.15 Å². The summed E-state index contributed by atoms with van der Waals surface area (Å²) in [5, 5.41) is 20.3. The van der Waals surface area contributed by atoms with Crippen molar-refractivity contribution < 1.29 is 0 Å². The third-order valence-electron chi connectivity index (χ3n) is 3.77. The van der Waals surface area contributed by atoms with E-state index in [0.29, 0.717) is 10.8 Å². The van der Waals surface area contributed by atoms with Crippen molar-refractivity contribution in [2.24, 2.45) is 0 Å². The quantitative estimate of drug-likeness (QED) is 0.550. The fraction of sp³-hybridized carbons (Fsp3) is 0.167. The third-order valence-corrected chi connectivity index (χ3v) is 3.97. The van der Waals surface area contributed by atoms with Gasteiger partial charge < -0.3 is 5.41 Å². The van der Waals surface area contributed by atoms with Crippen molar-refractivity contribution in [2.75, 3.05) is 0 Å². The maximum atomic E-state index is 6.08. The molecule has 0 unspecified atom stereocenters. The van der Waals surface area contributed by atoms with Crippen molar-refractivity contribution >= 4 is 34.4 Å². The van der Waals surface area contributed by atoms with Crippen molar-refractivity contribution in [3.05, 3.63) is 65.2 Å². The Morgan fingerprint density at radius 2 is 1.96 bits per heavy atom. The zero-order chi connectivity index (χ0) is 17.8. The Kier molecular flexibility index (Phi) is 5.00. The fourth-order valence-electron chi connectivity index (χ4n) is 2.57. The molecule has 7 heteroatoms. The molecule has 25 heavy (non-hydrogen) atoms. The van der Waals surface area contributed by atoms with E-state index in [1.165, 1.54) is 6.21 Å². The van der Waals surface area contributed by atoms with Gasteiger partial charge in [0.2, 0.25) is 0 Å². The first-order valence-corrected chi connectivity index (χ1v) is 8.19. The normalized spacial score (nSPS) is 11.8. The summed E-state index contributed by atoms with van der Waals surface area (Å²) in [5.41, 5.74) is 2.80. The van der Waals surface area contributed by atoms with E-state index >= 15 is 0 Å². The van der Waals surface area contributed by atoms with Crippen LogP contribution < -0.4 is 0 Å². The first kappa shape index (κ1) is 17.0. The third kappa shape index (κ3) is 3.49. The van der Waals surface area contributed by atoms with Crippen LogP contribution in [0.5, 0.6) is 0 Å². The van der Waals surface area contributed by atoms with E-state index in [-0.39, 0.29) is 5.92 Å². The van der Waals surface area contributed by atoms with Crippen LogP contribution in [-0.4, -0.2) is 31.0 Å². The summed E-state index contributed by atoms with van der Waals surface area (Å²) in [7, 11) is 0. The molecule has 0 aliphatic rings. The summed E-state index contributed by atoms with van der Waals surface area (Å²) < 4.78 is 1.69. The Balaban J connectivity index is 0.000000569. The van der Waals surface area contributed by atoms with Gasteiger partial charge in [0, 0.05) is 17.5 Å². The number of benzene rings is 1. The van der Waals surface area contributed by atoms with E-state index in [9.17, 15) is 0 Å². The zero-order valence-corrected chi connectivity index (χ0v) is 14.6. The van der Waals surface area contributed by atoms with Crippen LogP contribution in [0.4, 0.5) is 0 Å². The molecule has 0 spiro atoms. The van der Waals surface area contributed by atoms with Crippen LogP contribution >= 0.6 is 11.6 Å². The SMILES string of the molecule is CC=N.C[C@H](c1ccc2ncccc2c1)c1nnc2ccc(Cl)nn12. The van der Waals surface area contributed by atoms with E-state index in [2.05, 4.69) is 45.4 Å². The van der Waals surface area contributed by atoms with Gasteiger partial charge in [-0.05, 0) is 49.0 Å². The molecule has 1 atom stereocenters. The number of pyridine rings is 1. The van der Waals surface area contributed by atoms with Crippen LogP contribution in [0.15, 0.2) is 48.7 Å². The molecule has 126 valence electrons. The Labute approximate surface area is 150 Å². The molecule has 0 aliphatic carbocycles. The summed E-state index contributed by atoms with van der Waals surface area (Å²) in [4.78, 5) is 4.34. The van der Waals surface area contributed by atoms with Gasteiger partial charge in [0.15, 0.2) is 11.5 Å². The van der Waals surface area contributed by atoms with Gasteiger partial charge in [0.05, 0.1) is 5.52 Å². The molecule has 0 saturated heterocycles. The molecule has 3 heterocycles. The maximum absolute atomic E-state index is 6.08. The van der Waals surface area contributed by atoms with E-state index < -0.39 is 0 Å². The van der Waals surface area contributed by atoms with Gasteiger partial charge in [-0.1, -0.05) is 30.7 Å². The number of aromatic nitrogens is 5. The summed E-state index contributed by atoms with van der Waals surface area (Å²) in [6.07, 6.45) is 3.05. The van der Waals surface area contributed by atoms with Crippen LogP contribution in [0, 0.1) is 5.41 Å². The topological polar surface area (TPSA) is 79.8 Å². The molecule has 0 radical (unpaired) electrons. The Hall–Kier alpha value is -2.86. The van der Waals surface area contributed by atoms with Gasteiger partial charge in [0.25, 0.3) is 0 Å². The fourth-order valence-corrected chi connectivity index (χ4v) is 2.70. The highest BCUT2D eigenvalue weighted by molar-refractivity contribution is 6.29. The number of hydrogen-bond donors (Lipinski definition) is 1. The smallest absolute Gasteiger partial charge is 0.178 e. The lowest BCUT2D eigenvalue weighted by atomic mass is 9.98. The van der Waals surface area contributed by atoms with Crippen LogP contribution in [-0.2, 0) is 0 Å². The maximum Gasteiger partial charge on any atom is 0.178 e. The van der Waals surface area contributed by atoms with Crippen LogP contribution in [0.3, 0.4) is 0 Å². The van der Waals surface area contributed by atoms with E-state index in [1.54, 1.807) is 23.7 Å². The lowest BCUT2D eigenvalue weighted by molar-refractivity contribution is 0.751. The number of nitrogens with zero attached hydrogens (tertiary/aromatic N) is 5. The lowest BCUT2D eigenvalue weighted by Crippen LogP contribution is -2.05. The van der Waals surface area contributed by atoms with Crippen molar-refractivity contribution in [3.8, 4) is 0 Å². The van der Waals surface area contributed by atoms with Gasteiger partial charge in [-0.3, -0.25) is 4.98 Å². The minimum absolute atomic E-state index is 0.0468. The first-order valence-electron chi connectivity index (χ1n) is 7.81. The van der Waals surface area contributed by atoms with Gasteiger partial charge in [-0.2, -0.15) is 9.61 Å². The van der Waals surface area contributed by atoms with Crippen molar-refractivity contribution in [2.45, 2.75) is 19.8 Å². The molecule has 0 saturated carbocycles. The van der Waals surface area contributed by atoms with Crippen molar-refractivity contribution in [3.63, 3.8) is 0 Å². The highest BCUT2D eigenvalue weighted by Gasteiger charge is 2.17. The van der Waals surface area contributed by atoms with Crippen molar-refractivity contribution in [1.82, 2.24) is 24.8 Å². The van der Waals surface area contributed by atoms with E-state index in [1.807, 2.05) is 18.2 Å². The largest absolute Gasteiger partial charge is 0.313 e. The van der Waals surface area contributed by atoms with E-state index in [0.717, 1.165) is 22.3 Å². The molecule has 4 rings (SSSR count). The molecule has 1 aromatic carbocycles. The summed E-state index contributed by atoms with van der Waals surface area (Å²) in [5.74, 6) is 0.811. The Morgan fingerprint density at radius 3 is 2.76 bits per heavy atom. The molecule has 0 bridgehead atoms. The Bertz CT molecular complexity index is 1030. The minimum Gasteiger partial charge on any atom is -0.313 e. The predicted molar refractivity (Wildman–Crippen MR) is 99.5 cm³/mol. The molecule has 3 aromatic heterocycles. The second kappa shape index (κ2) is 7.36. The molecular weight excluding hydrogens is 336 g/mol.